The van der Waals surface area contributed by atoms with Gasteiger partial charge in [-0.3, -0.25) is 4.79 Å². The Morgan fingerprint density at radius 2 is 2.05 bits per heavy atom. The Labute approximate surface area is 131 Å². The number of carbonyl (C=O) groups excluding carboxylic acids is 1. The second kappa shape index (κ2) is 6.24. The molecule has 114 valence electrons. The molecule has 0 spiro atoms. The fourth-order valence-electron chi connectivity index (χ4n) is 3.28. The van der Waals surface area contributed by atoms with E-state index < -0.39 is 0 Å². The molecule has 1 saturated heterocycles. The van der Waals surface area contributed by atoms with Crippen molar-refractivity contribution in [2.45, 2.75) is 25.8 Å². The summed E-state index contributed by atoms with van der Waals surface area (Å²) in [6, 6.07) is 5.90. The molecule has 0 aliphatic carbocycles. The molecule has 1 N–H and O–H groups in total. The lowest BCUT2D eigenvalue weighted by Crippen LogP contribution is -2.54. The number of nitrogens with one attached hydrogen (secondary N) is 1. The molecule has 0 radical (unpaired) electrons. The summed E-state index contributed by atoms with van der Waals surface area (Å²) in [5.41, 5.74) is 2.43. The second-order valence-electron chi connectivity index (χ2n) is 5.82. The van der Waals surface area contributed by atoms with Gasteiger partial charge in [-0.15, -0.1) is 0 Å². The normalized spacial score (nSPS) is 20.1. The van der Waals surface area contributed by atoms with Crippen molar-refractivity contribution < 1.29 is 4.79 Å². The summed E-state index contributed by atoms with van der Waals surface area (Å²) in [5, 5.41) is 4.06. The van der Waals surface area contributed by atoms with Gasteiger partial charge in [-0.05, 0) is 43.5 Å². The van der Waals surface area contributed by atoms with Crippen LogP contribution in [0.3, 0.4) is 0 Å². The van der Waals surface area contributed by atoms with E-state index in [-0.39, 0.29) is 11.9 Å². The van der Waals surface area contributed by atoms with Crippen LogP contribution in [0.4, 0.5) is 5.69 Å². The van der Waals surface area contributed by atoms with Gasteiger partial charge in [-0.2, -0.15) is 0 Å². The van der Waals surface area contributed by atoms with Gasteiger partial charge in [0.15, 0.2) is 0 Å². The maximum absolute atomic E-state index is 12.7. The number of piperazine rings is 1. The van der Waals surface area contributed by atoms with Crippen LogP contribution < -0.4 is 10.2 Å². The molecule has 5 heteroatoms. The van der Waals surface area contributed by atoms with Crippen molar-refractivity contribution >= 4 is 23.2 Å². The molecule has 1 unspecified atom stereocenters. The molecule has 0 saturated carbocycles. The predicted octanol–water partition coefficient (Wildman–Crippen LogP) is 1.91. The van der Waals surface area contributed by atoms with Gasteiger partial charge in [-0.25, -0.2) is 0 Å². The summed E-state index contributed by atoms with van der Waals surface area (Å²) in [6.45, 7) is 6.37. The molecule has 0 bridgehead atoms. The molecular formula is C16H22ClN3O. The Morgan fingerprint density at radius 3 is 2.81 bits per heavy atom. The first-order valence-corrected chi connectivity index (χ1v) is 8.09. The average Bonchev–Trinajstić information content (AvgIpc) is 2.53. The van der Waals surface area contributed by atoms with E-state index in [1.807, 2.05) is 24.0 Å². The number of benzene rings is 1. The van der Waals surface area contributed by atoms with Gasteiger partial charge in [0, 0.05) is 43.4 Å². The molecular weight excluding hydrogens is 286 g/mol. The van der Waals surface area contributed by atoms with E-state index in [1.54, 1.807) is 0 Å². The SMILES string of the molecule is CC(C(=O)N1CCNCC1)N1CCCc2cc(Cl)ccc21. The quantitative estimate of drug-likeness (QED) is 0.906. The molecule has 3 rings (SSSR count). The number of halogens is 1. The Kier molecular flexibility index (Phi) is 4.36. The number of carbonyl (C=O) groups is 1. The topological polar surface area (TPSA) is 35.6 Å². The standard InChI is InChI=1S/C16H22ClN3O/c1-12(16(21)19-9-6-18-7-10-19)20-8-2-3-13-11-14(17)4-5-15(13)20/h4-5,11-12,18H,2-3,6-10H2,1H3. The van der Waals surface area contributed by atoms with E-state index in [2.05, 4.69) is 16.3 Å². The Morgan fingerprint density at radius 1 is 1.29 bits per heavy atom. The van der Waals surface area contributed by atoms with Crippen molar-refractivity contribution in [3.05, 3.63) is 28.8 Å². The highest BCUT2D eigenvalue weighted by molar-refractivity contribution is 6.30. The van der Waals surface area contributed by atoms with Crippen molar-refractivity contribution in [3.63, 3.8) is 0 Å². The summed E-state index contributed by atoms with van der Waals surface area (Å²) in [7, 11) is 0. The maximum atomic E-state index is 12.7. The average molecular weight is 308 g/mol. The van der Waals surface area contributed by atoms with Crippen molar-refractivity contribution in [2.24, 2.45) is 0 Å². The second-order valence-corrected chi connectivity index (χ2v) is 6.26. The maximum Gasteiger partial charge on any atom is 0.245 e. The molecule has 0 aromatic heterocycles. The number of rotatable bonds is 2. The number of nitrogens with zero attached hydrogens (tertiary/aromatic N) is 2. The Hall–Kier alpha value is -1.26. The van der Waals surface area contributed by atoms with Crippen molar-refractivity contribution in [1.29, 1.82) is 0 Å². The fourth-order valence-corrected chi connectivity index (χ4v) is 3.47. The Balaban J connectivity index is 1.79. The van der Waals surface area contributed by atoms with Crippen molar-refractivity contribution in [3.8, 4) is 0 Å². The molecule has 21 heavy (non-hydrogen) atoms. The molecule has 1 atom stereocenters. The minimum atomic E-state index is -0.108. The van der Waals surface area contributed by atoms with Gasteiger partial charge in [-0.1, -0.05) is 11.6 Å². The van der Waals surface area contributed by atoms with E-state index in [0.717, 1.165) is 50.6 Å². The zero-order valence-electron chi connectivity index (χ0n) is 12.4. The van der Waals surface area contributed by atoms with Gasteiger partial charge in [0.25, 0.3) is 0 Å². The highest BCUT2D eigenvalue weighted by Crippen LogP contribution is 2.31. The van der Waals surface area contributed by atoms with Crippen LogP contribution in [-0.2, 0) is 11.2 Å². The summed E-state index contributed by atoms with van der Waals surface area (Å²) < 4.78 is 0. The monoisotopic (exact) mass is 307 g/mol. The highest BCUT2D eigenvalue weighted by Gasteiger charge is 2.29. The summed E-state index contributed by atoms with van der Waals surface area (Å²) >= 11 is 6.09. The van der Waals surface area contributed by atoms with Crippen LogP contribution in [0.1, 0.15) is 18.9 Å². The summed E-state index contributed by atoms with van der Waals surface area (Å²) in [6.07, 6.45) is 2.12. The lowest BCUT2D eigenvalue weighted by Gasteiger charge is -2.38. The van der Waals surface area contributed by atoms with E-state index in [0.29, 0.717) is 0 Å². The minimum absolute atomic E-state index is 0.108. The summed E-state index contributed by atoms with van der Waals surface area (Å²) in [4.78, 5) is 16.9. The lowest BCUT2D eigenvalue weighted by atomic mass is 10.00. The van der Waals surface area contributed by atoms with Crippen molar-refractivity contribution in [2.75, 3.05) is 37.6 Å². The molecule has 1 aromatic carbocycles. The molecule has 1 aromatic rings. The van der Waals surface area contributed by atoms with Crippen LogP contribution in [0, 0.1) is 0 Å². The molecule has 2 aliphatic rings. The first-order chi connectivity index (χ1) is 10.2. The minimum Gasteiger partial charge on any atom is -0.360 e. The van der Waals surface area contributed by atoms with Gasteiger partial charge >= 0.3 is 0 Å². The predicted molar refractivity (Wildman–Crippen MR) is 86.0 cm³/mol. The molecule has 2 heterocycles. The fraction of sp³-hybridized carbons (Fsp3) is 0.562. The van der Waals surface area contributed by atoms with Gasteiger partial charge in [0.2, 0.25) is 5.91 Å². The third-order valence-corrected chi connectivity index (χ3v) is 4.68. The van der Waals surface area contributed by atoms with Crippen LogP contribution in [0.2, 0.25) is 5.02 Å². The molecule has 1 fully saturated rings. The van der Waals surface area contributed by atoms with E-state index >= 15 is 0 Å². The smallest absolute Gasteiger partial charge is 0.245 e. The first kappa shape index (κ1) is 14.7. The van der Waals surface area contributed by atoms with Crippen LogP contribution in [-0.4, -0.2) is 49.6 Å². The van der Waals surface area contributed by atoms with E-state index in [9.17, 15) is 4.79 Å². The van der Waals surface area contributed by atoms with Crippen molar-refractivity contribution in [1.82, 2.24) is 10.2 Å². The largest absolute Gasteiger partial charge is 0.360 e. The van der Waals surface area contributed by atoms with Crippen LogP contribution >= 0.6 is 11.6 Å². The molecule has 1 amide bonds. The number of anilines is 1. The summed E-state index contributed by atoms with van der Waals surface area (Å²) in [5.74, 6) is 0.235. The third kappa shape index (κ3) is 3.01. The van der Waals surface area contributed by atoms with E-state index in [1.165, 1.54) is 11.3 Å². The number of hydrogen-bond donors (Lipinski definition) is 1. The van der Waals surface area contributed by atoms with E-state index in [4.69, 9.17) is 11.6 Å². The van der Waals surface area contributed by atoms with Crippen LogP contribution in [0.25, 0.3) is 0 Å². The first-order valence-electron chi connectivity index (χ1n) is 7.71. The van der Waals surface area contributed by atoms with Crippen LogP contribution in [0.15, 0.2) is 18.2 Å². The van der Waals surface area contributed by atoms with Crippen LogP contribution in [0.5, 0.6) is 0 Å². The van der Waals surface area contributed by atoms with Gasteiger partial charge in [0.1, 0.15) is 6.04 Å². The number of amides is 1. The zero-order chi connectivity index (χ0) is 14.8. The highest BCUT2D eigenvalue weighted by atomic mass is 35.5. The molecule has 4 nitrogen and oxygen atoms in total. The molecule has 2 aliphatic heterocycles. The zero-order valence-corrected chi connectivity index (χ0v) is 13.2. The Bertz CT molecular complexity index is 528. The number of aryl methyl sites for hydroxylation is 1. The number of hydrogen-bond acceptors (Lipinski definition) is 3. The number of fused-ring (bicyclic) bond motifs is 1. The van der Waals surface area contributed by atoms with Gasteiger partial charge < -0.3 is 15.1 Å². The van der Waals surface area contributed by atoms with Gasteiger partial charge in [0.05, 0.1) is 0 Å². The third-order valence-electron chi connectivity index (χ3n) is 4.45. The lowest BCUT2D eigenvalue weighted by molar-refractivity contribution is -0.132.